The van der Waals surface area contributed by atoms with Crippen molar-refractivity contribution in [3.8, 4) is 0 Å². The summed E-state index contributed by atoms with van der Waals surface area (Å²) in [6.45, 7) is 2.05. The molecule has 1 unspecified atom stereocenters. The molecule has 0 bridgehead atoms. The van der Waals surface area contributed by atoms with Crippen LogP contribution in [-0.2, 0) is 4.79 Å². The topological polar surface area (TPSA) is 55.1 Å². The number of amides is 1. The Bertz CT molecular complexity index is 398. The monoisotopic (exact) mass is 318 g/mol. The molecule has 3 N–H and O–H groups in total. The first-order valence-corrected chi connectivity index (χ1v) is 6.70. The molecule has 1 rings (SSSR count). The quantitative estimate of drug-likeness (QED) is 0.872. The van der Waals surface area contributed by atoms with E-state index in [4.69, 9.17) is 17.3 Å². The van der Waals surface area contributed by atoms with Crippen LogP contribution >= 0.6 is 27.5 Å². The van der Waals surface area contributed by atoms with Crippen LogP contribution in [0.3, 0.4) is 0 Å². The first-order chi connectivity index (χ1) is 8.02. The molecule has 0 saturated carbocycles. The highest BCUT2D eigenvalue weighted by atomic mass is 79.9. The number of anilines is 1. The predicted molar refractivity (Wildman–Crippen MR) is 75.3 cm³/mol. The van der Waals surface area contributed by atoms with Crippen molar-refractivity contribution in [2.75, 3.05) is 5.32 Å². The number of rotatable bonds is 5. The second-order valence-corrected chi connectivity index (χ2v) is 5.19. The summed E-state index contributed by atoms with van der Waals surface area (Å²) in [4.78, 5) is 11.6. The summed E-state index contributed by atoms with van der Waals surface area (Å²) in [5.41, 5.74) is 6.49. The lowest BCUT2D eigenvalue weighted by atomic mass is 10.1. The highest BCUT2D eigenvalue weighted by molar-refractivity contribution is 9.10. The van der Waals surface area contributed by atoms with Gasteiger partial charge < -0.3 is 11.1 Å². The minimum atomic E-state index is -0.0793. The van der Waals surface area contributed by atoms with Crippen molar-refractivity contribution >= 4 is 39.1 Å². The molecule has 17 heavy (non-hydrogen) atoms. The average Bonchev–Trinajstić information content (AvgIpc) is 2.23. The SMILES string of the molecule is CCCC(N)CC(=O)Nc1ccc(Br)c(Cl)c1. The molecule has 0 aromatic heterocycles. The van der Waals surface area contributed by atoms with E-state index in [1.54, 1.807) is 18.2 Å². The van der Waals surface area contributed by atoms with Crippen molar-refractivity contribution in [3.05, 3.63) is 27.7 Å². The van der Waals surface area contributed by atoms with Gasteiger partial charge in [0.1, 0.15) is 0 Å². The Balaban J connectivity index is 2.53. The minimum Gasteiger partial charge on any atom is -0.327 e. The maximum Gasteiger partial charge on any atom is 0.225 e. The van der Waals surface area contributed by atoms with Gasteiger partial charge in [-0.15, -0.1) is 0 Å². The summed E-state index contributed by atoms with van der Waals surface area (Å²) < 4.78 is 0.805. The van der Waals surface area contributed by atoms with Gasteiger partial charge in [0.05, 0.1) is 5.02 Å². The number of nitrogens with one attached hydrogen (secondary N) is 1. The first-order valence-electron chi connectivity index (χ1n) is 5.53. The number of hydrogen-bond acceptors (Lipinski definition) is 2. The van der Waals surface area contributed by atoms with E-state index in [0.29, 0.717) is 17.1 Å². The fourth-order valence-corrected chi connectivity index (χ4v) is 1.92. The number of halogens is 2. The molecule has 0 fully saturated rings. The number of benzene rings is 1. The summed E-state index contributed by atoms with van der Waals surface area (Å²) in [5.74, 6) is -0.0793. The molecule has 1 aromatic carbocycles. The summed E-state index contributed by atoms with van der Waals surface area (Å²) in [6, 6.07) is 5.21. The molecule has 0 aliphatic carbocycles. The second-order valence-electron chi connectivity index (χ2n) is 3.93. The Morgan fingerprint density at radius 1 is 1.59 bits per heavy atom. The maximum atomic E-state index is 11.6. The summed E-state index contributed by atoms with van der Waals surface area (Å²) in [5, 5.41) is 3.35. The van der Waals surface area contributed by atoms with Crippen LogP contribution < -0.4 is 11.1 Å². The molecule has 0 radical (unpaired) electrons. The summed E-state index contributed by atoms with van der Waals surface area (Å²) >= 11 is 9.22. The van der Waals surface area contributed by atoms with Crippen LogP contribution in [0.25, 0.3) is 0 Å². The second kappa shape index (κ2) is 6.99. The van der Waals surface area contributed by atoms with E-state index >= 15 is 0 Å². The van der Waals surface area contributed by atoms with Crippen molar-refractivity contribution in [2.24, 2.45) is 5.73 Å². The fraction of sp³-hybridized carbons (Fsp3) is 0.417. The summed E-state index contributed by atoms with van der Waals surface area (Å²) in [7, 11) is 0. The van der Waals surface area contributed by atoms with Gasteiger partial charge in [-0.05, 0) is 40.5 Å². The third-order valence-electron chi connectivity index (χ3n) is 2.31. The van der Waals surface area contributed by atoms with Crippen LogP contribution in [-0.4, -0.2) is 11.9 Å². The van der Waals surface area contributed by atoms with Crippen LogP contribution in [0.15, 0.2) is 22.7 Å². The van der Waals surface area contributed by atoms with E-state index in [0.717, 1.165) is 17.3 Å². The van der Waals surface area contributed by atoms with Crippen LogP contribution in [0.1, 0.15) is 26.2 Å². The lowest BCUT2D eigenvalue weighted by molar-refractivity contribution is -0.116. The van der Waals surface area contributed by atoms with E-state index in [1.807, 2.05) is 6.92 Å². The molecule has 94 valence electrons. The molecule has 0 aliphatic rings. The van der Waals surface area contributed by atoms with Crippen molar-refractivity contribution in [3.63, 3.8) is 0 Å². The molecular formula is C12H16BrClN2O. The molecular weight excluding hydrogens is 304 g/mol. The number of carbonyl (C=O) groups excluding carboxylic acids is 1. The van der Waals surface area contributed by atoms with Crippen molar-refractivity contribution in [1.29, 1.82) is 0 Å². The normalized spacial score (nSPS) is 12.2. The van der Waals surface area contributed by atoms with Gasteiger partial charge in [-0.25, -0.2) is 0 Å². The number of carbonyl (C=O) groups is 1. The van der Waals surface area contributed by atoms with Gasteiger partial charge in [-0.1, -0.05) is 24.9 Å². The molecule has 0 heterocycles. The standard InChI is InChI=1S/C12H16BrClN2O/c1-2-3-8(15)6-12(17)16-9-4-5-10(13)11(14)7-9/h4-5,7-8H,2-3,6,15H2,1H3,(H,16,17). The van der Waals surface area contributed by atoms with Gasteiger partial charge in [0.25, 0.3) is 0 Å². The van der Waals surface area contributed by atoms with E-state index in [-0.39, 0.29) is 11.9 Å². The highest BCUT2D eigenvalue weighted by Crippen LogP contribution is 2.25. The molecule has 0 saturated heterocycles. The van der Waals surface area contributed by atoms with E-state index in [9.17, 15) is 4.79 Å². The Morgan fingerprint density at radius 3 is 2.88 bits per heavy atom. The Morgan fingerprint density at radius 2 is 2.29 bits per heavy atom. The summed E-state index contributed by atoms with van der Waals surface area (Å²) in [6.07, 6.45) is 2.18. The molecule has 1 atom stereocenters. The smallest absolute Gasteiger partial charge is 0.225 e. The lowest BCUT2D eigenvalue weighted by Gasteiger charge is -2.11. The van der Waals surface area contributed by atoms with Crippen LogP contribution in [0.2, 0.25) is 5.02 Å². The molecule has 3 nitrogen and oxygen atoms in total. The minimum absolute atomic E-state index is 0.0779. The van der Waals surface area contributed by atoms with Crippen molar-refractivity contribution in [2.45, 2.75) is 32.2 Å². The maximum absolute atomic E-state index is 11.6. The number of nitrogens with two attached hydrogens (primary N) is 1. The zero-order valence-electron chi connectivity index (χ0n) is 9.67. The van der Waals surface area contributed by atoms with Crippen LogP contribution in [0.5, 0.6) is 0 Å². The number of hydrogen-bond donors (Lipinski definition) is 2. The average molecular weight is 320 g/mol. The third-order valence-corrected chi connectivity index (χ3v) is 3.54. The molecule has 5 heteroatoms. The first kappa shape index (κ1) is 14.5. The lowest BCUT2D eigenvalue weighted by Crippen LogP contribution is -2.26. The van der Waals surface area contributed by atoms with E-state index < -0.39 is 0 Å². The Hall–Kier alpha value is -0.580. The van der Waals surface area contributed by atoms with E-state index in [1.165, 1.54) is 0 Å². The van der Waals surface area contributed by atoms with Crippen molar-refractivity contribution < 1.29 is 4.79 Å². The molecule has 1 aromatic rings. The molecule has 1 amide bonds. The van der Waals surface area contributed by atoms with Gasteiger partial charge >= 0.3 is 0 Å². The van der Waals surface area contributed by atoms with E-state index in [2.05, 4.69) is 21.2 Å². The van der Waals surface area contributed by atoms with Crippen LogP contribution in [0, 0.1) is 0 Å². The van der Waals surface area contributed by atoms with Gasteiger partial charge in [0, 0.05) is 22.6 Å². The van der Waals surface area contributed by atoms with Crippen LogP contribution in [0.4, 0.5) is 5.69 Å². The highest BCUT2D eigenvalue weighted by Gasteiger charge is 2.09. The zero-order chi connectivity index (χ0) is 12.8. The Kier molecular flexibility index (Phi) is 5.95. The van der Waals surface area contributed by atoms with Gasteiger partial charge in [0.15, 0.2) is 0 Å². The molecule has 0 aliphatic heterocycles. The van der Waals surface area contributed by atoms with Gasteiger partial charge in [-0.2, -0.15) is 0 Å². The predicted octanol–water partition coefficient (Wildman–Crippen LogP) is 3.56. The third kappa shape index (κ3) is 5.06. The zero-order valence-corrected chi connectivity index (χ0v) is 12.0. The Labute approximate surface area is 115 Å². The largest absolute Gasteiger partial charge is 0.327 e. The van der Waals surface area contributed by atoms with Gasteiger partial charge in [0.2, 0.25) is 5.91 Å². The molecule has 0 spiro atoms. The fourth-order valence-electron chi connectivity index (χ4n) is 1.50. The van der Waals surface area contributed by atoms with Gasteiger partial charge in [-0.3, -0.25) is 4.79 Å². The van der Waals surface area contributed by atoms with Crippen molar-refractivity contribution in [1.82, 2.24) is 0 Å².